The van der Waals surface area contributed by atoms with Crippen molar-refractivity contribution in [3.8, 4) is 23.0 Å². The fraction of sp³-hybridized carbons (Fsp3) is 0.118. The number of aromatic amines is 1. The maximum atomic E-state index is 12.5. The van der Waals surface area contributed by atoms with Gasteiger partial charge >= 0.3 is 0 Å². The smallest absolute Gasteiger partial charge is 0.271 e. The second-order valence-electron chi connectivity index (χ2n) is 5.55. The minimum absolute atomic E-state index is 0.257. The van der Waals surface area contributed by atoms with Gasteiger partial charge in [-0.05, 0) is 12.1 Å². The van der Waals surface area contributed by atoms with E-state index in [0.29, 0.717) is 46.2 Å². The number of rotatable bonds is 3. The van der Waals surface area contributed by atoms with Crippen LogP contribution in [0.3, 0.4) is 0 Å². The van der Waals surface area contributed by atoms with E-state index in [2.05, 4.69) is 20.3 Å². The molecule has 1 aliphatic heterocycles. The van der Waals surface area contributed by atoms with E-state index < -0.39 is 0 Å². The maximum absolute atomic E-state index is 12.5. The molecule has 5 rings (SSSR count). The van der Waals surface area contributed by atoms with E-state index in [1.165, 1.54) is 22.7 Å². The summed E-state index contributed by atoms with van der Waals surface area (Å²) in [6.07, 6.45) is 0. The summed E-state index contributed by atoms with van der Waals surface area (Å²) < 4.78 is 11.0. The number of thiophene rings is 1. The van der Waals surface area contributed by atoms with Crippen LogP contribution in [-0.4, -0.2) is 34.1 Å². The number of amides is 1. The molecule has 0 spiro atoms. The minimum Gasteiger partial charge on any atom is -0.485 e. The van der Waals surface area contributed by atoms with E-state index in [1.54, 1.807) is 5.38 Å². The van der Waals surface area contributed by atoms with Crippen LogP contribution in [-0.2, 0) is 0 Å². The highest BCUT2D eigenvalue weighted by Gasteiger charge is 2.24. The summed E-state index contributed by atoms with van der Waals surface area (Å²) in [6.45, 7) is 0.940. The van der Waals surface area contributed by atoms with Gasteiger partial charge in [-0.2, -0.15) is 0 Å². The molecule has 0 fully saturated rings. The molecule has 0 bridgehead atoms. The second kappa shape index (κ2) is 6.11. The zero-order valence-electron chi connectivity index (χ0n) is 13.3. The molecule has 1 aliphatic rings. The zero-order chi connectivity index (χ0) is 17.5. The van der Waals surface area contributed by atoms with Crippen LogP contribution in [0.15, 0.2) is 35.0 Å². The summed E-state index contributed by atoms with van der Waals surface area (Å²) in [5, 5.41) is 6.96. The molecule has 0 aliphatic carbocycles. The van der Waals surface area contributed by atoms with E-state index in [-0.39, 0.29) is 5.91 Å². The predicted octanol–water partition coefficient (Wildman–Crippen LogP) is 3.77. The summed E-state index contributed by atoms with van der Waals surface area (Å²) in [5.41, 5.74) is 2.51. The Bertz CT molecular complexity index is 1080. The largest absolute Gasteiger partial charge is 0.485 e. The van der Waals surface area contributed by atoms with Crippen LogP contribution in [0.25, 0.3) is 22.6 Å². The van der Waals surface area contributed by atoms with Crippen LogP contribution in [0.1, 0.15) is 9.67 Å². The molecule has 2 N–H and O–H groups in total. The first-order valence-corrected chi connectivity index (χ1v) is 9.63. The molecule has 9 heteroatoms. The van der Waals surface area contributed by atoms with Gasteiger partial charge in [0.2, 0.25) is 0 Å². The quantitative estimate of drug-likeness (QED) is 0.561. The number of nitrogens with one attached hydrogen (secondary N) is 2. The molecule has 3 aromatic heterocycles. The number of hydrogen-bond acceptors (Lipinski definition) is 7. The van der Waals surface area contributed by atoms with Crippen molar-refractivity contribution >= 4 is 44.7 Å². The van der Waals surface area contributed by atoms with Crippen molar-refractivity contribution in [3.63, 3.8) is 0 Å². The van der Waals surface area contributed by atoms with Gasteiger partial charge < -0.3 is 14.5 Å². The number of ether oxygens (including phenoxy) is 2. The Morgan fingerprint density at radius 1 is 1.12 bits per heavy atom. The lowest BCUT2D eigenvalue weighted by Gasteiger charge is -2.15. The van der Waals surface area contributed by atoms with Crippen LogP contribution in [0, 0.1) is 0 Å². The molecular weight excluding hydrogens is 372 g/mol. The molecule has 4 aromatic rings. The number of hydrogen-bond donors (Lipinski definition) is 2. The SMILES string of the molecule is O=C(Nc1nc(-c2nc3ccccc3[nH]2)cs1)c1scc2c1OCCO2. The minimum atomic E-state index is -0.257. The summed E-state index contributed by atoms with van der Waals surface area (Å²) >= 11 is 2.64. The molecule has 4 heterocycles. The van der Waals surface area contributed by atoms with Crippen LogP contribution in [0.4, 0.5) is 5.13 Å². The fourth-order valence-electron chi connectivity index (χ4n) is 2.69. The lowest BCUT2D eigenvalue weighted by molar-refractivity contribution is 0.102. The lowest BCUT2D eigenvalue weighted by atomic mass is 10.3. The van der Waals surface area contributed by atoms with E-state index >= 15 is 0 Å². The lowest BCUT2D eigenvalue weighted by Crippen LogP contribution is -2.17. The molecule has 130 valence electrons. The third-order valence-corrected chi connectivity index (χ3v) is 5.56. The third-order valence-electron chi connectivity index (χ3n) is 3.86. The molecule has 0 saturated carbocycles. The number of para-hydroxylation sites is 2. The molecule has 26 heavy (non-hydrogen) atoms. The zero-order valence-corrected chi connectivity index (χ0v) is 14.9. The summed E-state index contributed by atoms with van der Waals surface area (Å²) in [6, 6.07) is 7.78. The van der Waals surface area contributed by atoms with Gasteiger partial charge in [-0.1, -0.05) is 12.1 Å². The van der Waals surface area contributed by atoms with Crippen molar-refractivity contribution in [2.24, 2.45) is 0 Å². The Kier molecular flexibility index (Phi) is 3.61. The van der Waals surface area contributed by atoms with E-state index in [9.17, 15) is 4.79 Å². The first-order valence-electron chi connectivity index (χ1n) is 7.87. The Hall–Kier alpha value is -2.91. The number of thiazole rings is 1. The average molecular weight is 384 g/mol. The van der Waals surface area contributed by atoms with Crippen LogP contribution in [0.5, 0.6) is 11.5 Å². The summed E-state index contributed by atoms with van der Waals surface area (Å²) in [4.78, 5) is 25.2. The van der Waals surface area contributed by atoms with Crippen molar-refractivity contribution in [2.75, 3.05) is 18.5 Å². The second-order valence-corrected chi connectivity index (χ2v) is 7.29. The Balaban J connectivity index is 1.38. The van der Waals surface area contributed by atoms with Gasteiger partial charge in [0.1, 0.15) is 23.8 Å². The highest BCUT2D eigenvalue weighted by Crippen LogP contribution is 2.39. The predicted molar refractivity (Wildman–Crippen MR) is 100 cm³/mol. The van der Waals surface area contributed by atoms with Crippen LogP contribution in [0.2, 0.25) is 0 Å². The monoisotopic (exact) mass is 384 g/mol. The van der Waals surface area contributed by atoms with Crippen LogP contribution < -0.4 is 14.8 Å². The van der Waals surface area contributed by atoms with Gasteiger partial charge in [-0.15, -0.1) is 22.7 Å². The van der Waals surface area contributed by atoms with Crippen molar-refractivity contribution in [1.82, 2.24) is 15.0 Å². The van der Waals surface area contributed by atoms with Crippen molar-refractivity contribution < 1.29 is 14.3 Å². The Morgan fingerprint density at radius 3 is 2.92 bits per heavy atom. The first-order chi connectivity index (χ1) is 12.8. The van der Waals surface area contributed by atoms with Gasteiger partial charge in [0.05, 0.1) is 11.0 Å². The number of nitrogens with zero attached hydrogens (tertiary/aromatic N) is 2. The molecular formula is C17H12N4O3S2. The number of H-pyrrole nitrogens is 1. The number of carbonyl (C=O) groups excluding carboxylic acids is 1. The number of imidazole rings is 1. The van der Waals surface area contributed by atoms with E-state index in [0.717, 1.165) is 11.0 Å². The average Bonchev–Trinajstić information content (AvgIpc) is 3.38. The van der Waals surface area contributed by atoms with Gasteiger partial charge in [0.15, 0.2) is 22.5 Å². The fourth-order valence-corrected chi connectivity index (χ4v) is 4.20. The van der Waals surface area contributed by atoms with Crippen molar-refractivity contribution in [3.05, 3.63) is 39.9 Å². The standard InChI is InChI=1S/C17H12N4O3S2/c22-16(14-13-12(8-25-14)23-5-6-24-13)21-17-20-11(7-26-17)15-18-9-3-1-2-4-10(9)19-15/h1-4,7-8H,5-6H2,(H,18,19)(H,20,21,22). The topological polar surface area (TPSA) is 89.1 Å². The Morgan fingerprint density at radius 2 is 2.00 bits per heavy atom. The number of carbonyl (C=O) groups is 1. The molecule has 0 atom stereocenters. The molecule has 0 unspecified atom stereocenters. The third kappa shape index (κ3) is 2.61. The Labute approximate surface area is 155 Å². The van der Waals surface area contributed by atoms with Gasteiger partial charge in [0.25, 0.3) is 5.91 Å². The highest BCUT2D eigenvalue weighted by atomic mass is 32.1. The molecule has 1 aromatic carbocycles. The van der Waals surface area contributed by atoms with Crippen molar-refractivity contribution in [2.45, 2.75) is 0 Å². The number of fused-ring (bicyclic) bond motifs is 2. The molecule has 1 amide bonds. The molecule has 7 nitrogen and oxygen atoms in total. The number of anilines is 1. The summed E-state index contributed by atoms with van der Waals surface area (Å²) in [5.74, 6) is 1.54. The van der Waals surface area contributed by atoms with E-state index in [4.69, 9.17) is 9.47 Å². The van der Waals surface area contributed by atoms with Gasteiger partial charge in [-0.3, -0.25) is 10.1 Å². The maximum Gasteiger partial charge on any atom is 0.271 e. The van der Waals surface area contributed by atoms with Crippen LogP contribution >= 0.6 is 22.7 Å². The van der Waals surface area contributed by atoms with Crippen molar-refractivity contribution in [1.29, 1.82) is 0 Å². The molecule has 0 radical (unpaired) electrons. The number of aromatic nitrogens is 3. The normalized spacial score (nSPS) is 13.1. The summed E-state index contributed by atoms with van der Waals surface area (Å²) in [7, 11) is 0. The van der Waals surface area contributed by atoms with Gasteiger partial charge in [-0.25, -0.2) is 9.97 Å². The highest BCUT2D eigenvalue weighted by molar-refractivity contribution is 7.15. The number of benzene rings is 1. The van der Waals surface area contributed by atoms with Gasteiger partial charge in [0, 0.05) is 10.8 Å². The first kappa shape index (κ1) is 15.4. The van der Waals surface area contributed by atoms with E-state index in [1.807, 2.05) is 29.6 Å². The molecule has 0 saturated heterocycles.